The molecule has 1 aromatic carbocycles. The van der Waals surface area contributed by atoms with Gasteiger partial charge in [0.2, 0.25) is 0 Å². The molecule has 0 saturated carbocycles. The molecule has 1 heteroatoms. The molecule has 0 spiro atoms. The molecule has 1 aromatic rings. The van der Waals surface area contributed by atoms with E-state index in [2.05, 4.69) is 45.3 Å². The molecular weight excluding hydrogens is 224 g/mol. The Kier molecular flexibility index (Phi) is 2.36. The second-order valence-electron chi connectivity index (χ2n) is 2.77. The van der Waals surface area contributed by atoms with Gasteiger partial charge in [-0.3, -0.25) is 0 Å². The van der Waals surface area contributed by atoms with E-state index < -0.39 is 0 Å². The first-order valence-corrected chi connectivity index (χ1v) is 4.85. The van der Waals surface area contributed by atoms with E-state index in [1.165, 1.54) is 11.1 Å². The van der Waals surface area contributed by atoms with Crippen molar-refractivity contribution in [2.75, 3.05) is 0 Å². The van der Waals surface area contributed by atoms with Crippen molar-refractivity contribution in [3.63, 3.8) is 0 Å². The van der Waals surface area contributed by atoms with Crippen LogP contribution in [0, 0.1) is 0 Å². The van der Waals surface area contributed by atoms with Gasteiger partial charge in [0.25, 0.3) is 0 Å². The summed E-state index contributed by atoms with van der Waals surface area (Å²) in [4.78, 5) is 0. The average Bonchev–Trinajstić information content (AvgIpc) is 2.07. The van der Waals surface area contributed by atoms with Crippen LogP contribution in [0.1, 0.15) is 11.1 Å². The summed E-state index contributed by atoms with van der Waals surface area (Å²) in [5.74, 6) is 0. The molecule has 0 N–H and O–H groups in total. The number of rotatable bonds is 0. The van der Waals surface area contributed by atoms with E-state index in [1.807, 2.05) is 18.2 Å². The summed E-state index contributed by atoms with van der Waals surface area (Å²) in [6.45, 7) is 0. The topological polar surface area (TPSA) is 0 Å². The van der Waals surface area contributed by atoms with E-state index in [0.717, 1.165) is 10.9 Å². The van der Waals surface area contributed by atoms with E-state index in [1.54, 1.807) is 0 Å². The van der Waals surface area contributed by atoms with E-state index in [4.69, 9.17) is 0 Å². The fourth-order valence-corrected chi connectivity index (χ4v) is 1.83. The summed E-state index contributed by atoms with van der Waals surface area (Å²) in [5.41, 5.74) is 11.1. The Bertz CT molecular complexity index is 464. The average molecular weight is 231 g/mol. The highest BCUT2D eigenvalue weighted by molar-refractivity contribution is 9.10. The molecule has 0 atom stereocenters. The third-order valence-electron chi connectivity index (χ3n) is 1.94. The molecule has 0 aromatic heterocycles. The van der Waals surface area contributed by atoms with Crippen molar-refractivity contribution in [3.8, 4) is 0 Å². The van der Waals surface area contributed by atoms with Gasteiger partial charge >= 0.3 is 0 Å². The van der Waals surface area contributed by atoms with Gasteiger partial charge in [-0.1, -0.05) is 39.5 Å². The number of hydrogen-bond donors (Lipinski definition) is 0. The van der Waals surface area contributed by atoms with Gasteiger partial charge in [-0.05, 0) is 35.1 Å². The van der Waals surface area contributed by atoms with Crippen molar-refractivity contribution in [3.05, 3.63) is 57.1 Å². The number of halogens is 1. The monoisotopic (exact) mass is 230 g/mol. The van der Waals surface area contributed by atoms with Crippen LogP contribution in [0.3, 0.4) is 0 Å². The lowest BCUT2D eigenvalue weighted by Crippen LogP contribution is -1.88. The number of benzene rings is 1. The highest BCUT2D eigenvalue weighted by atomic mass is 79.9. The van der Waals surface area contributed by atoms with Gasteiger partial charge in [-0.2, -0.15) is 0 Å². The summed E-state index contributed by atoms with van der Waals surface area (Å²) in [7, 11) is 0. The molecule has 0 unspecified atom stereocenters. The van der Waals surface area contributed by atoms with Crippen LogP contribution < -0.4 is 0 Å². The highest BCUT2D eigenvalue weighted by Crippen LogP contribution is 2.22. The lowest BCUT2D eigenvalue weighted by atomic mass is 10.0. The smallest absolute Gasteiger partial charge is 0.0216 e. The predicted octanol–water partition coefficient (Wildman–Crippen LogP) is 3.48. The maximum Gasteiger partial charge on any atom is 0.0216 e. The standard InChI is InChI=1S/C12H7Br/c13-12-9-5-7-10-6-3-1-2-4-8-11(10)12/h4-7,9H,8H2. The van der Waals surface area contributed by atoms with Crippen molar-refractivity contribution in [2.24, 2.45) is 0 Å². The largest absolute Gasteiger partial charge is 0.0655 e. The molecule has 13 heavy (non-hydrogen) atoms. The van der Waals surface area contributed by atoms with Gasteiger partial charge in [0.1, 0.15) is 0 Å². The molecule has 0 saturated heterocycles. The molecular formula is C12H7Br. The molecule has 0 heterocycles. The minimum Gasteiger partial charge on any atom is -0.0655 e. The summed E-state index contributed by atoms with van der Waals surface area (Å²) in [6, 6.07) is 6.15. The normalized spacial score (nSPS) is 12.4. The molecule has 0 fully saturated rings. The second kappa shape index (κ2) is 3.66. The van der Waals surface area contributed by atoms with Crippen molar-refractivity contribution >= 4 is 22.0 Å². The zero-order valence-corrected chi connectivity index (χ0v) is 8.56. The van der Waals surface area contributed by atoms with Crippen LogP contribution in [0.2, 0.25) is 0 Å². The van der Waals surface area contributed by atoms with E-state index in [9.17, 15) is 0 Å². The fraction of sp³-hybridized carbons (Fsp3) is 0.0833. The summed E-state index contributed by atoms with van der Waals surface area (Å²) in [5, 5.41) is 0. The van der Waals surface area contributed by atoms with Crippen LogP contribution in [0.4, 0.5) is 0 Å². The summed E-state index contributed by atoms with van der Waals surface area (Å²) in [6.07, 6.45) is 4.78. The molecule has 0 radical (unpaired) electrons. The van der Waals surface area contributed by atoms with Gasteiger partial charge in [-0.25, -0.2) is 0 Å². The molecule has 1 aliphatic carbocycles. The zero-order valence-electron chi connectivity index (χ0n) is 6.97. The lowest BCUT2D eigenvalue weighted by molar-refractivity contribution is 1.24. The Balaban J connectivity index is 2.69. The third-order valence-corrected chi connectivity index (χ3v) is 2.68. The van der Waals surface area contributed by atoms with Crippen LogP contribution >= 0.6 is 15.9 Å². The van der Waals surface area contributed by atoms with Crippen LogP contribution in [0.15, 0.2) is 45.9 Å². The molecule has 0 amide bonds. The van der Waals surface area contributed by atoms with Crippen molar-refractivity contribution in [1.29, 1.82) is 0 Å². The van der Waals surface area contributed by atoms with Gasteiger partial charge < -0.3 is 0 Å². The van der Waals surface area contributed by atoms with Crippen LogP contribution in [-0.2, 0) is 6.42 Å². The number of allylic oxidation sites excluding steroid dienone is 1. The Morgan fingerprint density at radius 2 is 2.15 bits per heavy atom. The minimum atomic E-state index is 0.891. The van der Waals surface area contributed by atoms with Crippen LogP contribution in [0.25, 0.3) is 6.08 Å². The van der Waals surface area contributed by atoms with Crippen molar-refractivity contribution in [2.45, 2.75) is 6.42 Å². The molecule has 1 aliphatic rings. The van der Waals surface area contributed by atoms with E-state index in [-0.39, 0.29) is 0 Å². The Labute approximate surface area is 85.7 Å². The maximum atomic E-state index is 3.53. The van der Waals surface area contributed by atoms with Gasteiger partial charge in [0.15, 0.2) is 0 Å². The van der Waals surface area contributed by atoms with Crippen LogP contribution in [-0.4, -0.2) is 0 Å². The SMILES string of the molecule is Brc1cccc2c1CC=C=C=C=C2. The Hall–Kier alpha value is -1.22. The molecule has 2 rings (SSSR count). The number of hydrogen-bond acceptors (Lipinski definition) is 0. The van der Waals surface area contributed by atoms with Gasteiger partial charge in [-0.15, -0.1) is 0 Å². The van der Waals surface area contributed by atoms with Crippen molar-refractivity contribution in [1.82, 2.24) is 0 Å². The van der Waals surface area contributed by atoms with Crippen LogP contribution in [0.5, 0.6) is 0 Å². The zero-order chi connectivity index (χ0) is 9.10. The Morgan fingerprint density at radius 1 is 1.23 bits per heavy atom. The third kappa shape index (κ3) is 1.75. The second-order valence-corrected chi connectivity index (χ2v) is 3.63. The maximum absolute atomic E-state index is 3.53. The number of fused-ring (bicyclic) bond motifs is 1. The first kappa shape index (κ1) is 8.38. The van der Waals surface area contributed by atoms with Gasteiger partial charge in [0, 0.05) is 10.9 Å². The minimum absolute atomic E-state index is 0.891. The molecule has 0 nitrogen and oxygen atoms in total. The highest BCUT2D eigenvalue weighted by Gasteiger charge is 2.02. The van der Waals surface area contributed by atoms with Gasteiger partial charge in [0.05, 0.1) is 0 Å². The molecule has 62 valence electrons. The molecule has 0 bridgehead atoms. The predicted molar refractivity (Wildman–Crippen MR) is 57.4 cm³/mol. The lowest BCUT2D eigenvalue weighted by Gasteiger charge is -2.04. The first-order valence-electron chi connectivity index (χ1n) is 4.06. The Morgan fingerprint density at radius 3 is 3.08 bits per heavy atom. The quantitative estimate of drug-likeness (QED) is 0.599. The fourth-order valence-electron chi connectivity index (χ4n) is 1.29. The van der Waals surface area contributed by atoms with E-state index >= 15 is 0 Å². The summed E-state index contributed by atoms with van der Waals surface area (Å²) >= 11 is 3.53. The van der Waals surface area contributed by atoms with Crippen molar-refractivity contribution < 1.29 is 0 Å². The summed E-state index contributed by atoms with van der Waals surface area (Å²) < 4.78 is 1.14. The molecule has 0 aliphatic heterocycles. The first-order chi connectivity index (χ1) is 6.38. The van der Waals surface area contributed by atoms with E-state index in [0.29, 0.717) is 0 Å².